The number of rotatable bonds is 1. The minimum atomic E-state index is 0.0522. The predicted octanol–water partition coefficient (Wildman–Crippen LogP) is 2.06. The van der Waals surface area contributed by atoms with Crippen molar-refractivity contribution in [2.45, 2.75) is 12.8 Å². The van der Waals surface area contributed by atoms with E-state index in [-0.39, 0.29) is 5.91 Å². The van der Waals surface area contributed by atoms with Crippen LogP contribution in [0.2, 0.25) is 0 Å². The van der Waals surface area contributed by atoms with Crippen molar-refractivity contribution in [1.82, 2.24) is 4.90 Å². The van der Waals surface area contributed by atoms with Gasteiger partial charge in [0.1, 0.15) is 11.5 Å². The summed E-state index contributed by atoms with van der Waals surface area (Å²) in [6.45, 7) is 0.823. The molecule has 1 aromatic rings. The van der Waals surface area contributed by atoms with E-state index in [9.17, 15) is 4.79 Å². The molecule has 3 heteroatoms. The lowest BCUT2D eigenvalue weighted by Gasteiger charge is -2.07. The minimum absolute atomic E-state index is 0.0522. The van der Waals surface area contributed by atoms with Gasteiger partial charge in [0, 0.05) is 13.0 Å². The Balaban J connectivity index is 1.95. The summed E-state index contributed by atoms with van der Waals surface area (Å²) in [6.07, 6.45) is 3.83. The first-order valence-corrected chi connectivity index (χ1v) is 5.51. The number of amides is 1. The zero-order chi connectivity index (χ0) is 11.0. The molecule has 0 N–H and O–H groups in total. The van der Waals surface area contributed by atoms with Gasteiger partial charge in [-0.2, -0.15) is 0 Å². The van der Waals surface area contributed by atoms with Gasteiger partial charge in [-0.05, 0) is 18.1 Å². The highest BCUT2D eigenvalue weighted by molar-refractivity contribution is 6.15. The van der Waals surface area contributed by atoms with Gasteiger partial charge in [-0.3, -0.25) is 9.69 Å². The van der Waals surface area contributed by atoms with Crippen LogP contribution in [0.1, 0.15) is 18.4 Å². The lowest BCUT2D eigenvalue weighted by Crippen LogP contribution is -2.26. The Kier molecular flexibility index (Phi) is 2.10. The zero-order valence-electron chi connectivity index (χ0n) is 8.89. The second-order valence-electron chi connectivity index (χ2n) is 4.03. The molecule has 80 valence electrons. The van der Waals surface area contributed by atoms with Gasteiger partial charge in [-0.15, -0.1) is 0 Å². The fraction of sp³-hybridized carbons (Fsp3) is 0.231. The average Bonchev–Trinajstić information content (AvgIpc) is 2.86. The van der Waals surface area contributed by atoms with Gasteiger partial charge in [-0.25, -0.2) is 4.99 Å². The van der Waals surface area contributed by atoms with E-state index in [1.807, 2.05) is 36.4 Å². The lowest BCUT2D eigenvalue weighted by molar-refractivity contribution is -0.122. The highest BCUT2D eigenvalue weighted by Crippen LogP contribution is 2.24. The fourth-order valence-electron chi connectivity index (χ4n) is 2.12. The van der Waals surface area contributed by atoms with Crippen LogP contribution < -0.4 is 0 Å². The molecule has 1 amide bonds. The number of hydrogen-bond donors (Lipinski definition) is 0. The largest absolute Gasteiger partial charge is 0.295 e. The summed E-state index contributed by atoms with van der Waals surface area (Å²) in [5, 5.41) is 0. The smallest absolute Gasteiger partial charge is 0.277 e. The molecule has 2 heterocycles. The number of carbonyl (C=O) groups excluding carboxylic acids is 1. The first-order valence-electron chi connectivity index (χ1n) is 5.51. The number of nitrogens with zero attached hydrogens (tertiary/aromatic N) is 2. The van der Waals surface area contributed by atoms with Crippen LogP contribution in [0.4, 0.5) is 0 Å². The van der Waals surface area contributed by atoms with Gasteiger partial charge in [-0.1, -0.05) is 30.3 Å². The van der Waals surface area contributed by atoms with Gasteiger partial charge in [0.15, 0.2) is 0 Å². The van der Waals surface area contributed by atoms with E-state index < -0.39 is 0 Å². The fourth-order valence-corrected chi connectivity index (χ4v) is 2.12. The van der Waals surface area contributed by atoms with Crippen molar-refractivity contribution >= 4 is 17.8 Å². The van der Waals surface area contributed by atoms with E-state index in [4.69, 9.17) is 0 Å². The Bertz CT molecular complexity index is 488. The normalized spacial score (nSPS) is 21.5. The monoisotopic (exact) mass is 212 g/mol. The SMILES string of the molecule is O=C1/C(=C\c2ccccc2)N=C2CCCN12. The van der Waals surface area contributed by atoms with Crippen molar-refractivity contribution in [1.29, 1.82) is 0 Å². The van der Waals surface area contributed by atoms with Crippen molar-refractivity contribution in [3.8, 4) is 0 Å². The summed E-state index contributed by atoms with van der Waals surface area (Å²) in [4.78, 5) is 18.1. The van der Waals surface area contributed by atoms with Crippen LogP contribution in [0.25, 0.3) is 6.08 Å². The van der Waals surface area contributed by atoms with Crippen LogP contribution in [0.5, 0.6) is 0 Å². The van der Waals surface area contributed by atoms with Crippen LogP contribution in [-0.4, -0.2) is 23.2 Å². The maximum Gasteiger partial charge on any atom is 0.277 e. The maximum atomic E-state index is 11.9. The van der Waals surface area contributed by atoms with Crippen LogP contribution >= 0.6 is 0 Å². The molecule has 2 aliphatic rings. The van der Waals surface area contributed by atoms with Crippen molar-refractivity contribution < 1.29 is 4.79 Å². The number of aliphatic imine (C=N–C) groups is 1. The van der Waals surface area contributed by atoms with Gasteiger partial charge < -0.3 is 0 Å². The first-order chi connectivity index (χ1) is 7.84. The van der Waals surface area contributed by atoms with Crippen molar-refractivity contribution in [3.63, 3.8) is 0 Å². The van der Waals surface area contributed by atoms with Crippen LogP contribution in [0, 0.1) is 0 Å². The highest BCUT2D eigenvalue weighted by atomic mass is 16.2. The standard InChI is InChI=1S/C13H12N2O/c16-13-11(9-10-5-2-1-3-6-10)14-12-7-4-8-15(12)13/h1-3,5-6,9H,4,7-8H2/b11-9+. The van der Waals surface area contributed by atoms with E-state index in [1.165, 1.54) is 0 Å². The Labute approximate surface area is 94.1 Å². The molecule has 16 heavy (non-hydrogen) atoms. The Morgan fingerprint density at radius 3 is 2.81 bits per heavy atom. The summed E-state index contributed by atoms with van der Waals surface area (Å²) in [5.41, 5.74) is 1.59. The molecule has 1 aromatic carbocycles. The Hall–Kier alpha value is -1.90. The van der Waals surface area contributed by atoms with Crippen LogP contribution in [-0.2, 0) is 4.79 Å². The van der Waals surface area contributed by atoms with E-state index in [2.05, 4.69) is 4.99 Å². The topological polar surface area (TPSA) is 32.7 Å². The third-order valence-electron chi connectivity index (χ3n) is 2.91. The quantitative estimate of drug-likeness (QED) is 0.656. The third-order valence-corrected chi connectivity index (χ3v) is 2.91. The molecule has 0 aromatic heterocycles. The number of hydrogen-bond acceptors (Lipinski definition) is 2. The molecule has 0 saturated carbocycles. The number of benzene rings is 1. The molecule has 0 spiro atoms. The number of carbonyl (C=O) groups is 1. The molecule has 3 rings (SSSR count). The molecular formula is C13H12N2O. The molecule has 0 unspecified atom stereocenters. The van der Waals surface area contributed by atoms with Gasteiger partial charge >= 0.3 is 0 Å². The number of fused-ring (bicyclic) bond motifs is 1. The van der Waals surface area contributed by atoms with Crippen molar-refractivity contribution in [3.05, 3.63) is 41.6 Å². The van der Waals surface area contributed by atoms with Crippen molar-refractivity contribution in [2.75, 3.05) is 6.54 Å². The summed E-state index contributed by atoms with van der Waals surface area (Å²) < 4.78 is 0. The molecule has 0 atom stereocenters. The summed E-state index contributed by atoms with van der Waals surface area (Å²) in [7, 11) is 0. The Morgan fingerprint density at radius 2 is 2.06 bits per heavy atom. The summed E-state index contributed by atoms with van der Waals surface area (Å²) >= 11 is 0. The minimum Gasteiger partial charge on any atom is -0.295 e. The maximum absolute atomic E-state index is 11.9. The first kappa shape index (κ1) is 9.33. The van der Waals surface area contributed by atoms with Crippen LogP contribution in [0.15, 0.2) is 41.0 Å². The lowest BCUT2D eigenvalue weighted by atomic mass is 10.2. The van der Waals surface area contributed by atoms with E-state index in [0.29, 0.717) is 5.70 Å². The molecular weight excluding hydrogens is 200 g/mol. The van der Waals surface area contributed by atoms with Gasteiger partial charge in [0.05, 0.1) is 0 Å². The van der Waals surface area contributed by atoms with Crippen LogP contribution in [0.3, 0.4) is 0 Å². The molecule has 1 saturated heterocycles. The molecule has 0 aliphatic carbocycles. The van der Waals surface area contributed by atoms with Gasteiger partial charge in [0.25, 0.3) is 5.91 Å². The van der Waals surface area contributed by atoms with Gasteiger partial charge in [0.2, 0.25) is 0 Å². The molecule has 0 bridgehead atoms. The molecule has 0 radical (unpaired) electrons. The summed E-state index contributed by atoms with van der Waals surface area (Å²) in [5.74, 6) is 0.989. The molecule has 3 nitrogen and oxygen atoms in total. The van der Waals surface area contributed by atoms with E-state index >= 15 is 0 Å². The predicted molar refractivity (Wildman–Crippen MR) is 62.8 cm³/mol. The third kappa shape index (κ3) is 1.45. The summed E-state index contributed by atoms with van der Waals surface area (Å²) in [6, 6.07) is 9.83. The second-order valence-corrected chi connectivity index (χ2v) is 4.03. The second kappa shape index (κ2) is 3.59. The highest BCUT2D eigenvalue weighted by Gasteiger charge is 2.32. The number of amidine groups is 1. The van der Waals surface area contributed by atoms with E-state index in [0.717, 1.165) is 30.8 Å². The van der Waals surface area contributed by atoms with Crippen molar-refractivity contribution in [2.24, 2.45) is 4.99 Å². The zero-order valence-corrected chi connectivity index (χ0v) is 8.89. The average molecular weight is 212 g/mol. The molecule has 1 fully saturated rings. The molecule has 2 aliphatic heterocycles. The Morgan fingerprint density at radius 1 is 1.25 bits per heavy atom. The van der Waals surface area contributed by atoms with E-state index in [1.54, 1.807) is 4.90 Å².